The lowest BCUT2D eigenvalue weighted by Gasteiger charge is -2.28. The first-order valence-corrected chi connectivity index (χ1v) is 22.8. The summed E-state index contributed by atoms with van der Waals surface area (Å²) in [5.41, 5.74) is 0. The number of aliphatic hydroxyl groups is 2. The number of nitrogens with one attached hydrogen (secondary N) is 1. The van der Waals surface area contributed by atoms with Crippen LogP contribution >= 0.6 is 7.82 Å². The highest BCUT2D eigenvalue weighted by Crippen LogP contribution is 2.43. The van der Waals surface area contributed by atoms with Crippen molar-refractivity contribution in [3.8, 4) is 0 Å². The minimum atomic E-state index is -4.40. The van der Waals surface area contributed by atoms with Gasteiger partial charge in [-0.25, -0.2) is 4.57 Å². The zero-order valence-corrected chi connectivity index (χ0v) is 35.3. The van der Waals surface area contributed by atoms with Gasteiger partial charge in [0.2, 0.25) is 5.91 Å². The topological polar surface area (TPSA) is 125 Å². The van der Waals surface area contributed by atoms with Crippen molar-refractivity contribution in [1.29, 1.82) is 0 Å². The van der Waals surface area contributed by atoms with E-state index in [0.717, 1.165) is 44.4 Å². The van der Waals surface area contributed by atoms with Crippen LogP contribution in [-0.4, -0.2) is 84.6 Å². The van der Waals surface area contributed by atoms with Crippen molar-refractivity contribution in [2.24, 2.45) is 5.92 Å². The van der Waals surface area contributed by atoms with E-state index in [0.29, 0.717) is 23.9 Å². The summed E-state index contributed by atoms with van der Waals surface area (Å²) in [7, 11) is 1.44. The molecule has 4 N–H and O–H groups in total. The summed E-state index contributed by atoms with van der Waals surface area (Å²) >= 11 is 0. The first-order valence-electron chi connectivity index (χ1n) is 21.3. The third-order valence-electron chi connectivity index (χ3n) is 9.88. The number of rotatable bonds is 38. The van der Waals surface area contributed by atoms with Crippen LogP contribution in [0.5, 0.6) is 0 Å². The number of hydrogen-bond acceptors (Lipinski definition) is 6. The highest BCUT2D eigenvalue weighted by molar-refractivity contribution is 7.47. The number of carbonyl (C=O) groups is 1. The fourth-order valence-electron chi connectivity index (χ4n) is 6.39. The standard InChI is InChI=1S/C41H85N2O7P/c1-7-8-9-10-11-12-13-14-15-16-17-18-19-24-27-30-33-40(45)42-38(36-50-51(47,48)49-35-34-43(4,5)6)41(46)39(44)32-29-26-23-21-20-22-25-28-31-37(2)3/h37-39,41,44,46H,7-36H2,1-6H3,(H-,42,45,47,48)/p+1/t38-,39+,41-/m0/s1. The van der Waals surface area contributed by atoms with Crippen molar-refractivity contribution in [2.75, 3.05) is 40.9 Å². The van der Waals surface area contributed by atoms with E-state index in [1.165, 1.54) is 122 Å². The molecule has 1 amide bonds. The van der Waals surface area contributed by atoms with Gasteiger partial charge in [-0.3, -0.25) is 13.8 Å². The SMILES string of the molecule is CCCCCCCCCCCCCCCCCCC(=O)N[C@@H](COP(=O)(O)OCC[N+](C)(C)C)[C@H](O)[C@H](O)CCCCCCCCCCC(C)C. The molecule has 0 saturated heterocycles. The molecule has 0 saturated carbocycles. The summed E-state index contributed by atoms with van der Waals surface area (Å²) in [6, 6.07) is -1.03. The van der Waals surface area contributed by atoms with Crippen LogP contribution in [0.15, 0.2) is 0 Å². The molecule has 4 atom stereocenters. The first kappa shape index (κ1) is 50.5. The number of hydrogen-bond donors (Lipinski definition) is 4. The lowest BCUT2D eigenvalue weighted by atomic mass is 9.99. The Hall–Kier alpha value is -0.540. The number of phosphoric acid groups is 1. The molecule has 0 heterocycles. The molecule has 0 aromatic heterocycles. The largest absolute Gasteiger partial charge is 0.472 e. The van der Waals surface area contributed by atoms with E-state index in [1.807, 2.05) is 21.1 Å². The maximum Gasteiger partial charge on any atom is 0.472 e. The minimum absolute atomic E-state index is 0.0245. The van der Waals surface area contributed by atoms with Gasteiger partial charge in [0.1, 0.15) is 19.3 Å². The maximum absolute atomic E-state index is 12.9. The van der Waals surface area contributed by atoms with Gasteiger partial charge in [0.05, 0.1) is 39.9 Å². The van der Waals surface area contributed by atoms with Crippen molar-refractivity contribution < 1.29 is 38.0 Å². The zero-order chi connectivity index (χ0) is 38.2. The third-order valence-corrected chi connectivity index (χ3v) is 10.9. The Morgan fingerprint density at radius 2 is 1.06 bits per heavy atom. The fourth-order valence-corrected chi connectivity index (χ4v) is 7.12. The molecule has 0 spiro atoms. The molecule has 0 radical (unpaired) electrons. The number of nitrogens with zero attached hydrogens (tertiary/aromatic N) is 1. The lowest BCUT2D eigenvalue weighted by Crippen LogP contribution is -2.51. The van der Waals surface area contributed by atoms with Gasteiger partial charge in [-0.1, -0.05) is 175 Å². The average molecular weight is 750 g/mol. The van der Waals surface area contributed by atoms with Crippen molar-refractivity contribution in [2.45, 2.75) is 212 Å². The number of likely N-dealkylation sites (N-methyl/N-ethyl adjacent to an activating group) is 1. The highest BCUT2D eigenvalue weighted by atomic mass is 31.2. The Morgan fingerprint density at radius 3 is 1.49 bits per heavy atom. The van der Waals surface area contributed by atoms with Crippen molar-refractivity contribution in [1.82, 2.24) is 5.32 Å². The molecule has 10 heteroatoms. The summed E-state index contributed by atoms with van der Waals surface area (Å²) in [5.74, 6) is 0.515. The number of unbranched alkanes of at least 4 members (excludes halogenated alkanes) is 22. The van der Waals surface area contributed by atoms with Gasteiger partial charge in [0.25, 0.3) is 0 Å². The van der Waals surface area contributed by atoms with E-state index in [4.69, 9.17) is 9.05 Å². The Labute approximate surface area is 315 Å². The van der Waals surface area contributed by atoms with Crippen molar-refractivity contribution in [3.05, 3.63) is 0 Å². The van der Waals surface area contributed by atoms with E-state index in [-0.39, 0.29) is 12.5 Å². The van der Waals surface area contributed by atoms with Crippen molar-refractivity contribution >= 4 is 13.7 Å². The maximum atomic E-state index is 12.9. The smallest absolute Gasteiger partial charge is 0.390 e. The van der Waals surface area contributed by atoms with Crippen LogP contribution in [0.4, 0.5) is 0 Å². The molecule has 0 aliphatic heterocycles. The average Bonchev–Trinajstić information content (AvgIpc) is 3.06. The Bertz CT molecular complexity index is 839. The molecule has 0 fully saturated rings. The summed E-state index contributed by atoms with van der Waals surface area (Å²) in [5, 5.41) is 24.6. The second-order valence-corrected chi connectivity index (χ2v) is 18.1. The van der Waals surface area contributed by atoms with Crippen LogP contribution in [0, 0.1) is 5.92 Å². The fraction of sp³-hybridized carbons (Fsp3) is 0.976. The molecule has 0 rings (SSSR count). The molecule has 0 aromatic carbocycles. The molecule has 0 aromatic rings. The Balaban J connectivity index is 4.49. The molecule has 1 unspecified atom stereocenters. The van der Waals surface area contributed by atoms with E-state index in [9.17, 15) is 24.5 Å². The highest BCUT2D eigenvalue weighted by Gasteiger charge is 2.31. The molecule has 0 aliphatic carbocycles. The number of aliphatic hydroxyl groups excluding tert-OH is 2. The predicted molar refractivity (Wildman–Crippen MR) is 214 cm³/mol. The zero-order valence-electron chi connectivity index (χ0n) is 34.4. The predicted octanol–water partition coefficient (Wildman–Crippen LogP) is 10.2. The van der Waals surface area contributed by atoms with Gasteiger partial charge in [0, 0.05) is 6.42 Å². The van der Waals surface area contributed by atoms with Crippen LogP contribution in [0.25, 0.3) is 0 Å². The third kappa shape index (κ3) is 34.9. The summed E-state index contributed by atoms with van der Waals surface area (Å²) in [6.45, 7) is 6.90. The van der Waals surface area contributed by atoms with Crippen LogP contribution in [0.2, 0.25) is 0 Å². The molecule has 9 nitrogen and oxygen atoms in total. The van der Waals surface area contributed by atoms with Gasteiger partial charge in [0.15, 0.2) is 0 Å². The quantitative estimate of drug-likeness (QED) is 0.0281. The summed E-state index contributed by atoms with van der Waals surface area (Å²) in [4.78, 5) is 23.1. The van der Waals surface area contributed by atoms with E-state index >= 15 is 0 Å². The number of carbonyl (C=O) groups excluding carboxylic acids is 1. The second-order valence-electron chi connectivity index (χ2n) is 16.7. The normalized spacial score (nSPS) is 15.2. The van der Waals surface area contributed by atoms with E-state index in [2.05, 4.69) is 26.1 Å². The Kier molecular flexibility index (Phi) is 32.5. The van der Waals surface area contributed by atoms with Gasteiger partial charge in [-0.2, -0.15) is 0 Å². The summed E-state index contributed by atoms with van der Waals surface area (Å²) < 4.78 is 23.5. The molecule has 0 aliphatic rings. The number of phosphoric ester groups is 1. The van der Waals surface area contributed by atoms with E-state index < -0.39 is 32.7 Å². The van der Waals surface area contributed by atoms with Gasteiger partial charge in [-0.15, -0.1) is 0 Å². The van der Waals surface area contributed by atoms with Crippen molar-refractivity contribution in [3.63, 3.8) is 0 Å². The van der Waals surface area contributed by atoms with E-state index in [1.54, 1.807) is 0 Å². The van der Waals surface area contributed by atoms with Crippen LogP contribution in [0.3, 0.4) is 0 Å². The van der Waals surface area contributed by atoms with Crippen LogP contribution in [-0.2, 0) is 18.4 Å². The number of amides is 1. The van der Waals surface area contributed by atoms with Crippen LogP contribution < -0.4 is 5.32 Å². The molecular weight excluding hydrogens is 663 g/mol. The van der Waals surface area contributed by atoms with Gasteiger partial charge < -0.3 is 24.9 Å². The molecule has 51 heavy (non-hydrogen) atoms. The Morgan fingerprint density at radius 1 is 0.647 bits per heavy atom. The minimum Gasteiger partial charge on any atom is -0.390 e. The van der Waals surface area contributed by atoms with Gasteiger partial charge in [-0.05, 0) is 18.8 Å². The molecule has 0 bridgehead atoms. The lowest BCUT2D eigenvalue weighted by molar-refractivity contribution is -0.870. The molecular formula is C41H86N2O7P+. The van der Waals surface area contributed by atoms with Crippen LogP contribution in [0.1, 0.15) is 194 Å². The summed E-state index contributed by atoms with van der Waals surface area (Å²) in [6.07, 6.45) is 28.8. The second kappa shape index (κ2) is 32.9. The van der Waals surface area contributed by atoms with Gasteiger partial charge >= 0.3 is 7.82 Å². The number of quaternary nitrogens is 1. The molecule has 306 valence electrons. The first-order chi connectivity index (χ1) is 24.3. The monoisotopic (exact) mass is 750 g/mol.